The number of hydroxylamine groups is 2. The van der Waals surface area contributed by atoms with Crippen LogP contribution in [0.4, 0.5) is 5.69 Å². The fourth-order valence-electron chi connectivity index (χ4n) is 1.78. The van der Waals surface area contributed by atoms with Gasteiger partial charge in [0.2, 0.25) is 0 Å². The summed E-state index contributed by atoms with van der Waals surface area (Å²) in [4.78, 5) is 39.4. The molecule has 1 heterocycles. The van der Waals surface area contributed by atoms with E-state index >= 15 is 0 Å². The molecule has 0 saturated carbocycles. The summed E-state index contributed by atoms with van der Waals surface area (Å²) < 4.78 is 0. The van der Waals surface area contributed by atoms with Crippen LogP contribution in [0.1, 0.15) is 25.3 Å². The maximum atomic E-state index is 11.9. The summed E-state index contributed by atoms with van der Waals surface area (Å²) in [6.45, 7) is 1.49. The molecule has 1 fully saturated rings. The van der Waals surface area contributed by atoms with E-state index in [1.807, 2.05) is 0 Å². The number of halogens is 1. The van der Waals surface area contributed by atoms with Gasteiger partial charge >= 0.3 is 5.97 Å². The number of rotatable bonds is 3. The number of hydrogen-bond acceptors (Lipinski definition) is 5. The molecule has 1 saturated heterocycles. The van der Waals surface area contributed by atoms with Gasteiger partial charge in [-0.25, -0.2) is 4.79 Å². The summed E-state index contributed by atoms with van der Waals surface area (Å²) in [7, 11) is 0. The number of carbonyl (C=O) groups excluding carboxylic acids is 3. The Morgan fingerprint density at radius 1 is 1.33 bits per heavy atom. The van der Waals surface area contributed by atoms with Gasteiger partial charge in [0.25, 0.3) is 11.8 Å². The summed E-state index contributed by atoms with van der Waals surface area (Å²) in [5.74, 6) is -1.84. The van der Waals surface area contributed by atoms with Gasteiger partial charge in [-0.3, -0.25) is 9.59 Å². The molecule has 1 aliphatic rings. The van der Waals surface area contributed by atoms with E-state index < -0.39 is 17.8 Å². The summed E-state index contributed by atoms with van der Waals surface area (Å²) in [6, 6.07) is 4.84. The van der Waals surface area contributed by atoms with Crippen LogP contribution in [0.15, 0.2) is 23.8 Å². The van der Waals surface area contributed by atoms with Gasteiger partial charge in [0.05, 0.1) is 0 Å². The molecule has 0 aliphatic carbocycles. The number of benzene rings is 1. The van der Waals surface area contributed by atoms with Gasteiger partial charge < -0.3 is 10.6 Å². The zero-order valence-corrected chi connectivity index (χ0v) is 12.0. The van der Waals surface area contributed by atoms with Gasteiger partial charge in [-0.2, -0.15) is 0 Å². The van der Waals surface area contributed by atoms with Crippen molar-refractivity contribution in [3.8, 4) is 0 Å². The molecular weight excluding hydrogens is 296 g/mol. The third-order valence-electron chi connectivity index (χ3n) is 2.92. The summed E-state index contributed by atoms with van der Waals surface area (Å²) in [5, 5.41) is 0.975. The number of hydrogen-bond donors (Lipinski definition) is 1. The Kier molecular flexibility index (Phi) is 4.28. The first kappa shape index (κ1) is 15.1. The molecule has 1 aromatic carbocycles. The highest BCUT2D eigenvalue weighted by Crippen LogP contribution is 2.21. The quantitative estimate of drug-likeness (QED) is 0.523. The van der Waals surface area contributed by atoms with E-state index in [-0.39, 0.29) is 18.4 Å². The lowest BCUT2D eigenvalue weighted by molar-refractivity contribution is -0.194. The average Bonchev–Trinajstić information content (AvgIpc) is 2.74. The minimum atomic E-state index is -0.794. The Bertz CT molecular complexity index is 638. The smallest absolute Gasteiger partial charge is 0.359 e. The van der Waals surface area contributed by atoms with Crippen molar-refractivity contribution in [1.82, 2.24) is 5.06 Å². The molecule has 0 aromatic heterocycles. The Balaban J connectivity index is 2.15. The third-order valence-corrected chi connectivity index (χ3v) is 3.16. The highest BCUT2D eigenvalue weighted by Gasteiger charge is 2.33. The van der Waals surface area contributed by atoms with Crippen LogP contribution in [0.3, 0.4) is 0 Å². The van der Waals surface area contributed by atoms with Gasteiger partial charge in [-0.15, -0.1) is 5.06 Å². The Labute approximate surface area is 126 Å². The van der Waals surface area contributed by atoms with Crippen LogP contribution in [-0.2, 0) is 19.2 Å². The van der Waals surface area contributed by atoms with Crippen LogP contribution in [0.25, 0.3) is 6.08 Å². The van der Waals surface area contributed by atoms with Gasteiger partial charge in [0, 0.05) is 29.1 Å². The van der Waals surface area contributed by atoms with Crippen molar-refractivity contribution in [2.45, 2.75) is 19.8 Å². The second-order valence-corrected chi connectivity index (χ2v) is 5.00. The van der Waals surface area contributed by atoms with Crippen molar-refractivity contribution in [1.29, 1.82) is 0 Å². The minimum Gasteiger partial charge on any atom is -0.398 e. The van der Waals surface area contributed by atoms with Crippen molar-refractivity contribution in [2.75, 3.05) is 5.73 Å². The molecule has 2 rings (SSSR count). The van der Waals surface area contributed by atoms with Gasteiger partial charge in [-0.05, 0) is 36.8 Å². The highest BCUT2D eigenvalue weighted by atomic mass is 35.5. The number of carbonyl (C=O) groups is 3. The van der Waals surface area contributed by atoms with Gasteiger partial charge in [-0.1, -0.05) is 11.6 Å². The van der Waals surface area contributed by atoms with E-state index in [1.54, 1.807) is 18.2 Å². The predicted molar refractivity (Wildman–Crippen MR) is 76.7 cm³/mol. The summed E-state index contributed by atoms with van der Waals surface area (Å²) in [6.07, 6.45) is 1.58. The van der Waals surface area contributed by atoms with E-state index in [4.69, 9.17) is 22.2 Å². The van der Waals surface area contributed by atoms with E-state index in [1.165, 1.54) is 13.0 Å². The van der Waals surface area contributed by atoms with Crippen molar-refractivity contribution >= 4 is 41.1 Å². The van der Waals surface area contributed by atoms with Crippen LogP contribution >= 0.6 is 11.6 Å². The zero-order valence-electron chi connectivity index (χ0n) is 11.3. The molecule has 0 atom stereocenters. The number of amides is 2. The zero-order chi connectivity index (χ0) is 15.6. The number of nitrogens with two attached hydrogens (primary N) is 1. The fourth-order valence-corrected chi connectivity index (χ4v) is 1.96. The molecule has 1 aliphatic heterocycles. The second kappa shape index (κ2) is 5.97. The van der Waals surface area contributed by atoms with Crippen LogP contribution in [-0.4, -0.2) is 22.8 Å². The second-order valence-electron chi connectivity index (χ2n) is 4.56. The van der Waals surface area contributed by atoms with E-state index in [0.29, 0.717) is 21.3 Å². The average molecular weight is 309 g/mol. The molecule has 0 spiro atoms. The number of anilines is 1. The summed E-state index contributed by atoms with van der Waals surface area (Å²) in [5.41, 5.74) is 6.96. The predicted octanol–water partition coefficient (Wildman–Crippen LogP) is 1.93. The SMILES string of the molecule is C/C(=C\c1cc(Cl)ccc1N)C(=O)ON1C(=O)CCC1=O. The fraction of sp³-hybridized carbons (Fsp3) is 0.214. The molecule has 110 valence electrons. The minimum absolute atomic E-state index is 0.0517. The topological polar surface area (TPSA) is 89.7 Å². The Morgan fingerprint density at radius 3 is 2.57 bits per heavy atom. The molecule has 2 amide bonds. The Hall–Kier alpha value is -2.34. The van der Waals surface area contributed by atoms with Crippen molar-refractivity contribution in [3.05, 3.63) is 34.4 Å². The first-order valence-electron chi connectivity index (χ1n) is 6.20. The Morgan fingerprint density at radius 2 is 1.95 bits per heavy atom. The van der Waals surface area contributed by atoms with Gasteiger partial charge in [0.1, 0.15) is 0 Å². The molecule has 21 heavy (non-hydrogen) atoms. The molecule has 0 radical (unpaired) electrons. The monoisotopic (exact) mass is 308 g/mol. The van der Waals surface area contributed by atoms with Gasteiger partial charge in [0.15, 0.2) is 0 Å². The molecule has 6 nitrogen and oxygen atoms in total. The normalized spacial score (nSPS) is 15.5. The lowest BCUT2D eigenvalue weighted by atomic mass is 10.1. The molecule has 0 bridgehead atoms. The van der Waals surface area contributed by atoms with Crippen molar-refractivity contribution < 1.29 is 19.2 Å². The van der Waals surface area contributed by atoms with Crippen molar-refractivity contribution in [2.24, 2.45) is 0 Å². The molecular formula is C14H13ClN2O4. The van der Waals surface area contributed by atoms with Crippen LogP contribution < -0.4 is 5.73 Å². The standard InChI is InChI=1S/C14H13ClN2O4/c1-8(6-9-7-10(15)2-3-11(9)16)14(20)21-17-12(18)4-5-13(17)19/h2-3,6-7H,4-5,16H2,1H3/b8-6+. The highest BCUT2D eigenvalue weighted by molar-refractivity contribution is 6.30. The van der Waals surface area contributed by atoms with E-state index in [2.05, 4.69) is 0 Å². The van der Waals surface area contributed by atoms with Crippen LogP contribution in [0.5, 0.6) is 0 Å². The maximum Gasteiger partial charge on any atom is 0.359 e. The molecule has 0 unspecified atom stereocenters. The van der Waals surface area contributed by atoms with Crippen molar-refractivity contribution in [3.63, 3.8) is 0 Å². The van der Waals surface area contributed by atoms with E-state index in [0.717, 1.165) is 0 Å². The number of nitrogens with zero attached hydrogens (tertiary/aromatic N) is 1. The van der Waals surface area contributed by atoms with Crippen LogP contribution in [0.2, 0.25) is 5.02 Å². The molecule has 1 aromatic rings. The van der Waals surface area contributed by atoms with Crippen LogP contribution in [0, 0.1) is 0 Å². The lowest BCUT2D eigenvalue weighted by Gasteiger charge is -2.12. The molecule has 7 heteroatoms. The van der Waals surface area contributed by atoms with E-state index in [9.17, 15) is 14.4 Å². The number of nitrogen functional groups attached to an aromatic ring is 1. The largest absolute Gasteiger partial charge is 0.398 e. The molecule has 2 N–H and O–H groups in total. The first-order chi connectivity index (χ1) is 9.88. The number of imide groups is 1. The lowest BCUT2D eigenvalue weighted by Crippen LogP contribution is -2.32. The third kappa shape index (κ3) is 3.41. The maximum absolute atomic E-state index is 11.9. The summed E-state index contributed by atoms with van der Waals surface area (Å²) >= 11 is 5.86. The first-order valence-corrected chi connectivity index (χ1v) is 6.57.